The monoisotopic (exact) mass is 349 g/mol. The lowest BCUT2D eigenvalue weighted by Gasteiger charge is -2.18. The highest BCUT2D eigenvalue weighted by molar-refractivity contribution is 5.91. The molecule has 2 heterocycles. The zero-order valence-electron chi connectivity index (χ0n) is 14.9. The summed E-state index contributed by atoms with van der Waals surface area (Å²) in [6, 6.07) is 13.9. The van der Waals surface area contributed by atoms with Crippen molar-refractivity contribution in [2.24, 2.45) is 7.05 Å². The Hall–Kier alpha value is -3.02. The minimum atomic E-state index is -0.216. The van der Waals surface area contributed by atoms with E-state index in [1.807, 2.05) is 35.9 Å². The highest BCUT2D eigenvalue weighted by Crippen LogP contribution is 2.21. The van der Waals surface area contributed by atoms with Crippen LogP contribution in [0.5, 0.6) is 0 Å². The van der Waals surface area contributed by atoms with Crippen LogP contribution in [-0.4, -0.2) is 28.7 Å². The van der Waals surface area contributed by atoms with E-state index in [-0.39, 0.29) is 6.03 Å². The van der Waals surface area contributed by atoms with Gasteiger partial charge >= 0.3 is 6.03 Å². The summed E-state index contributed by atoms with van der Waals surface area (Å²) in [5.74, 6) is 0. The van der Waals surface area contributed by atoms with Crippen molar-refractivity contribution in [3.63, 3.8) is 0 Å². The molecule has 6 nitrogen and oxygen atoms in total. The van der Waals surface area contributed by atoms with Gasteiger partial charge in [-0.2, -0.15) is 0 Å². The van der Waals surface area contributed by atoms with E-state index in [0.717, 1.165) is 35.4 Å². The number of amides is 2. The Bertz CT molecular complexity index is 927. The van der Waals surface area contributed by atoms with Crippen LogP contribution in [0.1, 0.15) is 18.4 Å². The number of carbonyl (C=O) groups is 1. The van der Waals surface area contributed by atoms with Gasteiger partial charge in [0, 0.05) is 38.1 Å². The quantitative estimate of drug-likeness (QED) is 0.758. The van der Waals surface area contributed by atoms with Crippen LogP contribution in [0.3, 0.4) is 0 Å². The summed E-state index contributed by atoms with van der Waals surface area (Å²) in [7, 11) is 1.95. The van der Waals surface area contributed by atoms with Crippen LogP contribution >= 0.6 is 0 Å². The van der Waals surface area contributed by atoms with Gasteiger partial charge in [-0.15, -0.1) is 0 Å². The van der Waals surface area contributed by atoms with Crippen LogP contribution in [0.2, 0.25) is 0 Å². The standard InChI is InChI=1S/C20H23N5O/c1-24-14-22-18-12-16(7-8-19(18)24)23-20(26)21-13-15-5-4-6-17(11-15)25-9-2-3-10-25/h4-8,11-12,14H,2-3,9-10,13H2,1H3,(H2,21,23,26). The van der Waals surface area contributed by atoms with Gasteiger partial charge in [0.1, 0.15) is 0 Å². The van der Waals surface area contributed by atoms with Gasteiger partial charge in [-0.3, -0.25) is 0 Å². The Balaban J connectivity index is 1.36. The Labute approximate surface area is 152 Å². The number of aryl methyl sites for hydroxylation is 1. The number of rotatable bonds is 4. The number of nitrogens with zero attached hydrogens (tertiary/aromatic N) is 3. The summed E-state index contributed by atoms with van der Waals surface area (Å²) in [6.07, 6.45) is 4.28. The molecule has 1 fully saturated rings. The lowest BCUT2D eigenvalue weighted by Crippen LogP contribution is -2.28. The van der Waals surface area contributed by atoms with Gasteiger partial charge in [-0.25, -0.2) is 9.78 Å². The van der Waals surface area contributed by atoms with Crippen LogP contribution in [0.15, 0.2) is 48.8 Å². The summed E-state index contributed by atoms with van der Waals surface area (Å²) in [5.41, 5.74) is 4.98. The molecule has 0 radical (unpaired) electrons. The van der Waals surface area contributed by atoms with Crippen LogP contribution in [-0.2, 0) is 13.6 Å². The van der Waals surface area contributed by atoms with Gasteiger partial charge in [-0.1, -0.05) is 12.1 Å². The first-order chi connectivity index (χ1) is 12.7. The normalized spacial score (nSPS) is 14.0. The molecule has 0 spiro atoms. The zero-order valence-corrected chi connectivity index (χ0v) is 14.9. The van der Waals surface area contributed by atoms with E-state index in [0.29, 0.717) is 6.54 Å². The molecule has 1 aliphatic heterocycles. The molecule has 2 N–H and O–H groups in total. The number of carbonyl (C=O) groups excluding carboxylic acids is 1. The van der Waals surface area contributed by atoms with Gasteiger partial charge in [0.15, 0.2) is 0 Å². The maximum Gasteiger partial charge on any atom is 0.319 e. The molecule has 0 unspecified atom stereocenters. The number of fused-ring (bicyclic) bond motifs is 1. The van der Waals surface area contributed by atoms with Crippen LogP contribution in [0, 0.1) is 0 Å². The van der Waals surface area contributed by atoms with Crippen molar-refractivity contribution in [1.82, 2.24) is 14.9 Å². The zero-order chi connectivity index (χ0) is 17.9. The molecular formula is C20H23N5O. The average Bonchev–Trinajstić information content (AvgIpc) is 3.31. The average molecular weight is 349 g/mol. The van der Waals surface area contributed by atoms with E-state index < -0.39 is 0 Å². The summed E-state index contributed by atoms with van der Waals surface area (Å²) in [4.78, 5) is 18.9. The topological polar surface area (TPSA) is 62.2 Å². The summed E-state index contributed by atoms with van der Waals surface area (Å²) < 4.78 is 1.95. The van der Waals surface area contributed by atoms with E-state index in [2.05, 4.69) is 38.7 Å². The third kappa shape index (κ3) is 3.49. The van der Waals surface area contributed by atoms with E-state index in [1.165, 1.54) is 18.5 Å². The second-order valence-corrected chi connectivity index (χ2v) is 6.73. The fourth-order valence-corrected chi connectivity index (χ4v) is 3.41. The molecule has 134 valence electrons. The van der Waals surface area contributed by atoms with Gasteiger partial charge in [0.25, 0.3) is 0 Å². The first-order valence-electron chi connectivity index (χ1n) is 8.99. The summed E-state index contributed by atoms with van der Waals surface area (Å²) >= 11 is 0. The number of urea groups is 1. The third-order valence-corrected chi connectivity index (χ3v) is 4.82. The van der Waals surface area contributed by atoms with E-state index in [9.17, 15) is 4.79 Å². The maximum atomic E-state index is 12.2. The number of aromatic nitrogens is 2. The summed E-state index contributed by atoms with van der Waals surface area (Å²) in [6.45, 7) is 2.74. The molecule has 4 rings (SSSR count). The maximum absolute atomic E-state index is 12.2. The second kappa shape index (κ2) is 7.07. The van der Waals surface area contributed by atoms with Crippen LogP contribution in [0.25, 0.3) is 11.0 Å². The molecule has 1 aromatic heterocycles. The van der Waals surface area contributed by atoms with Gasteiger partial charge in [-0.05, 0) is 48.7 Å². The Morgan fingerprint density at radius 1 is 1.15 bits per heavy atom. The minimum absolute atomic E-state index is 0.216. The molecule has 1 aliphatic rings. The van der Waals surface area contributed by atoms with Crippen molar-refractivity contribution in [3.05, 3.63) is 54.4 Å². The van der Waals surface area contributed by atoms with E-state index in [4.69, 9.17) is 0 Å². The van der Waals surface area contributed by atoms with Crippen molar-refractivity contribution in [3.8, 4) is 0 Å². The molecule has 0 aliphatic carbocycles. The molecule has 1 saturated heterocycles. The van der Waals surface area contributed by atoms with E-state index >= 15 is 0 Å². The largest absolute Gasteiger partial charge is 0.372 e. The molecule has 6 heteroatoms. The summed E-state index contributed by atoms with van der Waals surface area (Å²) in [5, 5.41) is 5.80. The Morgan fingerprint density at radius 2 is 2.00 bits per heavy atom. The van der Waals surface area contributed by atoms with Gasteiger partial charge in [0.2, 0.25) is 0 Å². The van der Waals surface area contributed by atoms with Crippen LogP contribution < -0.4 is 15.5 Å². The molecule has 2 amide bonds. The third-order valence-electron chi connectivity index (χ3n) is 4.82. The highest BCUT2D eigenvalue weighted by atomic mass is 16.2. The van der Waals surface area contributed by atoms with Crippen molar-refractivity contribution < 1.29 is 4.79 Å². The molecule has 3 aromatic rings. The fraction of sp³-hybridized carbons (Fsp3) is 0.300. The number of nitrogens with one attached hydrogen (secondary N) is 2. The smallest absolute Gasteiger partial charge is 0.319 e. The predicted octanol–water partition coefficient (Wildman–Crippen LogP) is 3.50. The lowest BCUT2D eigenvalue weighted by molar-refractivity contribution is 0.251. The molecule has 26 heavy (non-hydrogen) atoms. The highest BCUT2D eigenvalue weighted by Gasteiger charge is 2.12. The lowest BCUT2D eigenvalue weighted by atomic mass is 10.2. The second-order valence-electron chi connectivity index (χ2n) is 6.73. The Kier molecular flexibility index (Phi) is 4.48. The van der Waals surface area contributed by atoms with Crippen molar-refractivity contribution in [2.45, 2.75) is 19.4 Å². The number of imidazole rings is 1. The minimum Gasteiger partial charge on any atom is -0.372 e. The van der Waals surface area contributed by atoms with Crippen LogP contribution in [0.4, 0.5) is 16.2 Å². The molecule has 2 aromatic carbocycles. The van der Waals surface area contributed by atoms with Crippen molar-refractivity contribution in [1.29, 1.82) is 0 Å². The van der Waals surface area contributed by atoms with Crippen molar-refractivity contribution >= 4 is 28.4 Å². The Morgan fingerprint density at radius 3 is 2.85 bits per heavy atom. The van der Waals surface area contributed by atoms with E-state index in [1.54, 1.807) is 6.33 Å². The number of benzene rings is 2. The molecular weight excluding hydrogens is 326 g/mol. The number of anilines is 2. The molecule has 0 bridgehead atoms. The van der Waals surface area contributed by atoms with Gasteiger partial charge < -0.3 is 20.1 Å². The fourth-order valence-electron chi connectivity index (χ4n) is 3.41. The first kappa shape index (κ1) is 16.4. The SMILES string of the molecule is Cn1cnc2cc(NC(=O)NCc3cccc(N4CCCC4)c3)ccc21. The predicted molar refractivity (Wildman–Crippen MR) is 104 cm³/mol. The van der Waals surface area contributed by atoms with Gasteiger partial charge in [0.05, 0.1) is 17.4 Å². The number of hydrogen-bond acceptors (Lipinski definition) is 3. The van der Waals surface area contributed by atoms with Crippen molar-refractivity contribution in [2.75, 3.05) is 23.3 Å². The molecule has 0 saturated carbocycles. The number of hydrogen-bond donors (Lipinski definition) is 2. The molecule has 0 atom stereocenters. The first-order valence-corrected chi connectivity index (χ1v) is 8.99.